The van der Waals surface area contributed by atoms with E-state index in [2.05, 4.69) is 51.5 Å². The minimum atomic E-state index is -3.39. The molecule has 6 amide bonds. The van der Waals surface area contributed by atoms with Crippen LogP contribution in [0.1, 0.15) is 88.5 Å². The van der Waals surface area contributed by atoms with Crippen LogP contribution in [0.25, 0.3) is 11.2 Å². The molecule has 3 aromatic heterocycles. The van der Waals surface area contributed by atoms with Crippen molar-refractivity contribution in [3.63, 3.8) is 0 Å². The van der Waals surface area contributed by atoms with Gasteiger partial charge in [0, 0.05) is 62.4 Å². The number of amides is 6. The monoisotopic (exact) mass is 1440 g/mol. The second-order valence-electron chi connectivity index (χ2n) is 24.6. The van der Waals surface area contributed by atoms with E-state index in [1.54, 1.807) is 83.1 Å². The summed E-state index contributed by atoms with van der Waals surface area (Å²) in [7, 11) is -5.12. The van der Waals surface area contributed by atoms with Crippen molar-refractivity contribution in [1.29, 1.82) is 0 Å². The van der Waals surface area contributed by atoms with Gasteiger partial charge in [-0.1, -0.05) is 44.2 Å². The van der Waals surface area contributed by atoms with Crippen molar-refractivity contribution in [2.24, 2.45) is 11.8 Å². The van der Waals surface area contributed by atoms with Gasteiger partial charge in [0.2, 0.25) is 29.5 Å². The summed E-state index contributed by atoms with van der Waals surface area (Å²) >= 11 is 0. The Bertz CT molecular complexity index is 3610. The number of aliphatic hydroxyl groups excluding tert-OH is 1. The number of fused-ring (bicyclic) bond motifs is 4. The number of hydrogen-bond acceptors (Lipinski definition) is 27. The number of imidazole rings is 1. The van der Waals surface area contributed by atoms with Crippen LogP contribution >= 0.6 is 16.5 Å². The summed E-state index contributed by atoms with van der Waals surface area (Å²) in [6, 6.07) is 12.5. The van der Waals surface area contributed by atoms with Crippen LogP contribution in [0.4, 0.5) is 21.2 Å². The molecule has 8 rings (SSSR count). The topological polar surface area (TPSA) is 430 Å². The van der Waals surface area contributed by atoms with E-state index in [-0.39, 0.29) is 74.6 Å². The molecule has 2 bridgehead atoms. The van der Waals surface area contributed by atoms with Gasteiger partial charge in [0.1, 0.15) is 55.0 Å². The van der Waals surface area contributed by atoms with Gasteiger partial charge in [0.25, 0.3) is 11.5 Å². The fraction of sp³-hybridized carbons (Fsp3) is 0.571. The van der Waals surface area contributed by atoms with Gasteiger partial charge >= 0.3 is 28.7 Å². The number of aromatic nitrogens is 6. The molecule has 0 spiro atoms. The van der Waals surface area contributed by atoms with Crippen LogP contribution in [-0.2, 0) is 92.7 Å². The zero-order chi connectivity index (χ0) is 71.7. The summed E-state index contributed by atoms with van der Waals surface area (Å²) in [6.07, 6.45) is -3.18. The predicted molar refractivity (Wildman–Crippen MR) is 355 cm³/mol. The molecule has 1 aliphatic carbocycles. The molecule has 3 aliphatic rings. The maximum absolute atomic E-state index is 14.0. The second-order valence-corrected chi connectivity index (χ2v) is 26.7. The highest BCUT2D eigenvalue weighted by molar-refractivity contribution is 7.33. The van der Waals surface area contributed by atoms with Crippen LogP contribution in [0.2, 0.25) is 0 Å². The maximum Gasteiger partial charge on any atom is 0.410 e. The lowest BCUT2D eigenvalue weighted by molar-refractivity contribution is -0.132. The molecule has 2 aliphatic heterocycles. The third-order valence-electron chi connectivity index (χ3n) is 15.4. The molecule has 548 valence electrons. The zero-order valence-corrected chi connectivity index (χ0v) is 58.5. The minimum Gasteiger partial charge on any atom is -0.474 e. The highest BCUT2D eigenvalue weighted by Gasteiger charge is 2.49. The van der Waals surface area contributed by atoms with Crippen molar-refractivity contribution < 1.29 is 104 Å². The Kier molecular flexibility index (Phi) is 30.2. The molecular formula is C63H88N12O23P2. The number of nitrogens with one attached hydrogen (secondary N) is 6. The van der Waals surface area contributed by atoms with E-state index in [1.165, 1.54) is 48.4 Å². The van der Waals surface area contributed by atoms with Crippen molar-refractivity contribution in [3.8, 4) is 5.88 Å². The number of benzene rings is 2. The molecule has 5 heterocycles. The average Bonchev–Trinajstić information content (AvgIpc) is 1.61. The Balaban J connectivity index is 0.723. The number of aliphatic hydroxyl groups is 1. The van der Waals surface area contributed by atoms with E-state index in [1.807, 2.05) is 0 Å². The van der Waals surface area contributed by atoms with Gasteiger partial charge in [-0.15, -0.1) is 0 Å². The molecule has 0 radical (unpaired) electrons. The van der Waals surface area contributed by atoms with Crippen LogP contribution < -0.4 is 36.9 Å². The van der Waals surface area contributed by atoms with Crippen LogP contribution in [0.3, 0.4) is 0 Å². The predicted octanol–water partition coefficient (Wildman–Crippen LogP) is 4.22. The third-order valence-corrected chi connectivity index (χ3v) is 17.2. The number of hydrogen-bond donors (Lipinski definition) is 7. The summed E-state index contributed by atoms with van der Waals surface area (Å²) < 4.78 is 101. The van der Waals surface area contributed by atoms with Gasteiger partial charge in [-0.3, -0.25) is 52.5 Å². The Hall–Kier alpha value is -7.89. The van der Waals surface area contributed by atoms with Gasteiger partial charge < -0.3 is 87.5 Å². The molecule has 7 N–H and O–H groups in total. The smallest absolute Gasteiger partial charge is 0.410 e. The van der Waals surface area contributed by atoms with Gasteiger partial charge in [0.05, 0.1) is 91.7 Å². The van der Waals surface area contributed by atoms with Crippen molar-refractivity contribution in [1.82, 2.24) is 50.3 Å². The van der Waals surface area contributed by atoms with E-state index < -0.39 is 125 Å². The molecule has 37 heteroatoms. The number of rotatable bonds is 33. The summed E-state index contributed by atoms with van der Waals surface area (Å²) in [4.78, 5) is 112. The number of anilines is 2. The van der Waals surface area contributed by atoms with Gasteiger partial charge in [-0.2, -0.15) is 4.98 Å². The Labute approximate surface area is 577 Å². The SMILES string of the molecule is CC(C)[C@H](NC(=O)CCOCCOCCOCCOCCOCCNC(=O)OC(C)(C)C)C(=O)N[C@@H](C)C(=O)Nc1ccc(COC(=O)N(C)Cc2ccccc2C(=O)Nc2nc3c(ncn3[C@@H]3O[C@@H]4CO[PH](=O)O[C@H]5C[C@H](Oc6ccncn6)C[C@@H]5CO[PH](=O)O[C@@H]3[C@@H]4O)c(=O)[nH]2)cc1. The van der Waals surface area contributed by atoms with Crippen molar-refractivity contribution >= 4 is 75.1 Å². The highest BCUT2D eigenvalue weighted by Crippen LogP contribution is 2.45. The quantitative estimate of drug-likeness (QED) is 0.0228. The maximum atomic E-state index is 14.0. The van der Waals surface area contributed by atoms with E-state index in [9.17, 15) is 47.8 Å². The zero-order valence-electron chi connectivity index (χ0n) is 56.5. The molecule has 11 atom stereocenters. The molecular weight excluding hydrogens is 1350 g/mol. The first-order chi connectivity index (χ1) is 48.0. The molecule has 2 saturated heterocycles. The summed E-state index contributed by atoms with van der Waals surface area (Å²) in [5, 5.41) is 24.8. The molecule has 3 fully saturated rings. The minimum absolute atomic E-state index is 0.0140. The number of nitrogens with zero attached hydrogens (tertiary/aromatic N) is 6. The summed E-state index contributed by atoms with van der Waals surface area (Å²) in [5.41, 5.74) is -0.218. The number of carbonyl (C=O) groups is 6. The van der Waals surface area contributed by atoms with Crippen LogP contribution in [0.15, 0.2) is 78.2 Å². The average molecular weight is 1440 g/mol. The number of ether oxygens (including phenoxy) is 9. The molecule has 1 saturated carbocycles. The number of carbonyl (C=O) groups excluding carboxylic acids is 6. The number of H-pyrrole nitrogens is 1. The molecule has 5 aromatic rings. The van der Waals surface area contributed by atoms with Crippen LogP contribution in [0, 0.1) is 11.8 Å². The summed E-state index contributed by atoms with van der Waals surface area (Å²) in [6.45, 7) is 13.0. The van der Waals surface area contributed by atoms with E-state index in [4.69, 9.17) is 60.7 Å². The van der Waals surface area contributed by atoms with E-state index in [0.717, 1.165) is 0 Å². The van der Waals surface area contributed by atoms with Gasteiger partial charge in [-0.05, 0) is 69.4 Å². The fourth-order valence-electron chi connectivity index (χ4n) is 10.4. The normalized spacial score (nSPS) is 21.5. The number of alkyl carbamates (subject to hydrolysis) is 1. The van der Waals surface area contributed by atoms with Crippen molar-refractivity contribution in [2.45, 2.75) is 128 Å². The van der Waals surface area contributed by atoms with Crippen LogP contribution in [-0.4, -0.2) is 216 Å². The first-order valence-electron chi connectivity index (χ1n) is 32.5. The second kappa shape index (κ2) is 38.8. The molecule has 100 heavy (non-hydrogen) atoms. The highest BCUT2D eigenvalue weighted by atomic mass is 31.1. The third kappa shape index (κ3) is 24.4. The van der Waals surface area contributed by atoms with Gasteiger partial charge in [-0.25, -0.2) is 24.5 Å². The standard InChI is InChI=1S/C63H88N12O23P2/c1-38(2)50(70-48(76)17-20-86-22-24-88-26-28-90-29-27-89-25-23-87-21-19-65-61(82)96-63(4,5)6)57(80)68-39(3)55(78)69-43-14-12-40(13-15-43)33-91-62(83)74(7)32-41-10-8-9-11-45(41)56(79)72-60-71-54-51(58(81)73-60)67-37-75(54)59-53-52(77)47(95-59)35-93-99(84)97-46-31-44(94-49-16-18-64-36-66-49)30-42(46)34-92-100(85)98-53/h8-16,18,36-39,42,44,46-47,50,52-53,59,77,99-100H,17,19-35H2,1-7H3,(H,65,82)(H,68,80)(H,69,78)(H,70,76)(H2,71,72,73,79,81)/t39-,42+,44+,46-,47+,50-,52+,53+,59+/m0/s1. The number of aromatic amines is 1. The summed E-state index contributed by atoms with van der Waals surface area (Å²) in [5.74, 6) is -2.98. The van der Waals surface area contributed by atoms with Crippen molar-refractivity contribution in [3.05, 3.63) is 100 Å². The fourth-order valence-corrected chi connectivity index (χ4v) is 12.2. The lowest BCUT2D eigenvalue weighted by Crippen LogP contribution is -2.53. The lowest BCUT2D eigenvalue weighted by Gasteiger charge is -2.24. The Morgan fingerprint density at radius 3 is 2.14 bits per heavy atom. The largest absolute Gasteiger partial charge is 0.474 e. The Morgan fingerprint density at radius 2 is 1.46 bits per heavy atom. The Morgan fingerprint density at radius 1 is 0.790 bits per heavy atom. The van der Waals surface area contributed by atoms with E-state index >= 15 is 0 Å². The van der Waals surface area contributed by atoms with Crippen molar-refractivity contribution in [2.75, 3.05) is 104 Å². The first-order valence-corrected chi connectivity index (χ1v) is 35.0. The first kappa shape index (κ1) is 77.8. The molecule has 35 nitrogen and oxygen atoms in total. The van der Waals surface area contributed by atoms with E-state index in [0.29, 0.717) is 88.3 Å². The molecule has 2 aromatic carbocycles. The molecule has 2 unspecified atom stereocenters. The van der Waals surface area contributed by atoms with Gasteiger partial charge in [0.15, 0.2) is 17.4 Å². The lowest BCUT2D eigenvalue weighted by atomic mass is 10.0. The van der Waals surface area contributed by atoms with Crippen LogP contribution in [0.5, 0.6) is 5.88 Å².